The lowest BCUT2D eigenvalue weighted by molar-refractivity contribution is -0.384. The van der Waals surface area contributed by atoms with Gasteiger partial charge in [0.25, 0.3) is 5.69 Å². The van der Waals surface area contributed by atoms with Crippen molar-refractivity contribution in [2.75, 3.05) is 0 Å². The van der Waals surface area contributed by atoms with Crippen molar-refractivity contribution < 1.29 is 13.3 Å². The summed E-state index contributed by atoms with van der Waals surface area (Å²) in [6, 6.07) is 5.52. The zero-order valence-corrected chi connectivity index (χ0v) is 9.92. The molecule has 1 aromatic carbocycles. The summed E-state index contributed by atoms with van der Waals surface area (Å²) in [6.45, 7) is 0. The van der Waals surface area contributed by atoms with Gasteiger partial charge in [0.1, 0.15) is 0 Å². The fourth-order valence-corrected chi connectivity index (χ4v) is 2.69. The second kappa shape index (κ2) is 4.57. The highest BCUT2D eigenvalue weighted by atomic mass is 32.2. The average Bonchev–Trinajstić information content (AvgIpc) is 2.82. The summed E-state index contributed by atoms with van der Waals surface area (Å²) in [4.78, 5) is 16.2. The van der Waals surface area contributed by atoms with Crippen molar-refractivity contribution in [3.63, 3.8) is 0 Å². The maximum absolute atomic E-state index is 11.9. The lowest BCUT2D eigenvalue weighted by Crippen LogP contribution is -2.07. The van der Waals surface area contributed by atoms with Crippen LogP contribution in [-0.4, -0.2) is 23.3 Å². The van der Waals surface area contributed by atoms with Gasteiger partial charge >= 0.3 is 0 Å². The normalized spacial score (nSPS) is 11.3. The van der Waals surface area contributed by atoms with E-state index in [2.05, 4.69) is 9.97 Å². The number of hydrogen-bond donors (Lipinski definition) is 1. The minimum atomic E-state index is -3.60. The smallest absolute Gasteiger partial charge is 0.269 e. The van der Waals surface area contributed by atoms with Gasteiger partial charge < -0.3 is 4.98 Å². The molecule has 0 unspecified atom stereocenters. The van der Waals surface area contributed by atoms with Crippen LogP contribution >= 0.6 is 0 Å². The Kier molecular flexibility index (Phi) is 3.11. The quantitative estimate of drug-likeness (QED) is 0.663. The highest BCUT2D eigenvalue weighted by Gasteiger charge is 2.19. The molecule has 0 saturated heterocycles. The molecule has 8 heteroatoms. The maximum Gasteiger partial charge on any atom is 0.269 e. The first-order chi connectivity index (χ1) is 8.49. The van der Waals surface area contributed by atoms with E-state index in [4.69, 9.17) is 0 Å². The van der Waals surface area contributed by atoms with Gasteiger partial charge in [0.05, 0.1) is 10.7 Å². The van der Waals surface area contributed by atoms with Gasteiger partial charge in [-0.2, -0.15) is 0 Å². The van der Waals surface area contributed by atoms with Crippen LogP contribution in [0.2, 0.25) is 0 Å². The Hall–Kier alpha value is -2.22. The molecule has 7 nitrogen and oxygen atoms in total. The third-order valence-electron chi connectivity index (χ3n) is 2.25. The van der Waals surface area contributed by atoms with Gasteiger partial charge in [-0.25, -0.2) is 13.4 Å². The van der Waals surface area contributed by atoms with Crippen LogP contribution < -0.4 is 0 Å². The van der Waals surface area contributed by atoms with Crippen LogP contribution in [0.5, 0.6) is 0 Å². The second-order valence-corrected chi connectivity index (χ2v) is 5.49. The van der Waals surface area contributed by atoms with Crippen LogP contribution in [0.25, 0.3) is 0 Å². The summed E-state index contributed by atoms with van der Waals surface area (Å²) in [7, 11) is -3.60. The largest absolute Gasteiger partial charge is 0.336 e. The first-order valence-corrected chi connectivity index (χ1v) is 6.60. The Morgan fingerprint density at radius 1 is 1.39 bits per heavy atom. The number of aromatic nitrogens is 2. The number of benzene rings is 1. The number of imidazole rings is 1. The van der Waals surface area contributed by atoms with Gasteiger partial charge in [-0.1, -0.05) is 12.1 Å². The maximum atomic E-state index is 11.9. The van der Waals surface area contributed by atoms with E-state index in [-0.39, 0.29) is 16.6 Å². The van der Waals surface area contributed by atoms with Gasteiger partial charge in [-0.15, -0.1) is 0 Å². The van der Waals surface area contributed by atoms with Crippen LogP contribution in [0.4, 0.5) is 5.69 Å². The number of rotatable bonds is 4. The first-order valence-electron chi connectivity index (χ1n) is 4.94. The molecule has 94 valence electrons. The molecule has 0 aliphatic rings. The van der Waals surface area contributed by atoms with Gasteiger partial charge in [-0.3, -0.25) is 10.1 Å². The first kappa shape index (κ1) is 12.2. The third kappa shape index (κ3) is 2.54. The molecule has 0 aliphatic carbocycles. The fraction of sp³-hybridized carbons (Fsp3) is 0.100. The molecule has 0 spiro atoms. The number of non-ortho nitro benzene ring substituents is 1. The van der Waals surface area contributed by atoms with Crippen molar-refractivity contribution in [1.82, 2.24) is 9.97 Å². The van der Waals surface area contributed by atoms with Crippen molar-refractivity contribution in [2.24, 2.45) is 0 Å². The molecule has 2 aromatic rings. The number of nitro benzene ring substituents is 1. The molecule has 0 saturated carbocycles. The van der Waals surface area contributed by atoms with Crippen LogP contribution in [0.1, 0.15) is 5.56 Å². The lowest BCUT2D eigenvalue weighted by Gasteiger charge is -2.01. The van der Waals surface area contributed by atoms with Gasteiger partial charge in [0.15, 0.2) is 0 Å². The standard InChI is InChI=1S/C10H9N3O4S/c14-13(15)9-3-1-2-8(6-9)7-18(16,17)10-11-4-5-12-10/h1-6H,7H2,(H,11,12). The Labute approximate surface area is 103 Å². The van der Waals surface area contributed by atoms with Crippen LogP contribution in [-0.2, 0) is 15.6 Å². The highest BCUT2D eigenvalue weighted by Crippen LogP contribution is 2.17. The van der Waals surface area contributed by atoms with Crippen molar-refractivity contribution >= 4 is 15.5 Å². The minimum absolute atomic E-state index is 0.137. The number of aromatic amines is 1. The van der Waals surface area contributed by atoms with Crippen LogP contribution in [0.15, 0.2) is 41.8 Å². The molecule has 0 aliphatic heterocycles. The van der Waals surface area contributed by atoms with Crippen molar-refractivity contribution in [1.29, 1.82) is 0 Å². The number of nitro groups is 1. The van der Waals surface area contributed by atoms with Crippen molar-refractivity contribution in [3.8, 4) is 0 Å². The predicted octanol–water partition coefficient (Wildman–Crippen LogP) is 1.29. The molecular formula is C10H9N3O4S. The minimum Gasteiger partial charge on any atom is -0.336 e. The van der Waals surface area contributed by atoms with E-state index in [1.165, 1.54) is 36.7 Å². The number of nitrogens with zero attached hydrogens (tertiary/aromatic N) is 2. The Morgan fingerprint density at radius 3 is 2.78 bits per heavy atom. The fourth-order valence-electron chi connectivity index (χ4n) is 1.47. The molecule has 1 aromatic heterocycles. The van der Waals surface area contributed by atoms with Crippen LogP contribution in [0.3, 0.4) is 0 Å². The SMILES string of the molecule is O=[N+]([O-])c1cccc(CS(=O)(=O)c2ncc[nH]2)c1. The number of H-pyrrole nitrogens is 1. The molecule has 1 N–H and O–H groups in total. The Morgan fingerprint density at radius 2 is 2.17 bits per heavy atom. The summed E-state index contributed by atoms with van der Waals surface area (Å²) in [5, 5.41) is 10.4. The van der Waals surface area contributed by atoms with Crippen LogP contribution in [0, 0.1) is 10.1 Å². The van der Waals surface area contributed by atoms with Gasteiger partial charge in [-0.05, 0) is 5.56 Å². The van der Waals surface area contributed by atoms with Gasteiger partial charge in [0, 0.05) is 24.5 Å². The van der Waals surface area contributed by atoms with E-state index in [0.717, 1.165) is 0 Å². The molecule has 0 bridgehead atoms. The summed E-state index contributed by atoms with van der Waals surface area (Å²) in [5.74, 6) is -0.331. The van der Waals surface area contributed by atoms with E-state index in [9.17, 15) is 18.5 Å². The highest BCUT2D eigenvalue weighted by molar-refractivity contribution is 7.90. The summed E-state index contributed by atoms with van der Waals surface area (Å²) in [5.41, 5.74) is 0.211. The zero-order valence-electron chi connectivity index (χ0n) is 9.11. The molecule has 18 heavy (non-hydrogen) atoms. The van der Waals surface area contributed by atoms with E-state index >= 15 is 0 Å². The molecule has 0 radical (unpaired) electrons. The number of nitrogens with one attached hydrogen (secondary N) is 1. The van der Waals surface area contributed by atoms with E-state index in [1.807, 2.05) is 0 Å². The Bertz CT molecular complexity index is 664. The van der Waals surface area contributed by atoms with E-state index in [0.29, 0.717) is 5.56 Å². The Balaban J connectivity index is 2.30. The van der Waals surface area contributed by atoms with E-state index in [1.54, 1.807) is 0 Å². The predicted molar refractivity (Wildman–Crippen MR) is 62.6 cm³/mol. The average molecular weight is 267 g/mol. The van der Waals surface area contributed by atoms with Crippen molar-refractivity contribution in [2.45, 2.75) is 10.9 Å². The monoisotopic (exact) mass is 267 g/mol. The second-order valence-electron chi connectivity index (χ2n) is 3.58. The molecule has 2 rings (SSSR count). The molecular weight excluding hydrogens is 258 g/mol. The summed E-state index contributed by atoms with van der Waals surface area (Å²) in [6.07, 6.45) is 2.74. The van der Waals surface area contributed by atoms with E-state index < -0.39 is 14.8 Å². The van der Waals surface area contributed by atoms with Crippen molar-refractivity contribution in [3.05, 3.63) is 52.3 Å². The molecule has 0 fully saturated rings. The third-order valence-corrected chi connectivity index (χ3v) is 3.77. The molecule has 1 heterocycles. The lowest BCUT2D eigenvalue weighted by atomic mass is 10.2. The summed E-state index contributed by atoms with van der Waals surface area (Å²) >= 11 is 0. The molecule has 0 amide bonds. The summed E-state index contributed by atoms with van der Waals surface area (Å²) < 4.78 is 23.8. The van der Waals surface area contributed by atoms with Gasteiger partial charge in [0.2, 0.25) is 15.0 Å². The molecule has 0 atom stereocenters. The zero-order chi connectivity index (χ0) is 13.2. The number of hydrogen-bond acceptors (Lipinski definition) is 5. The topological polar surface area (TPSA) is 106 Å². The number of sulfone groups is 1.